The van der Waals surface area contributed by atoms with Crippen LogP contribution in [-0.2, 0) is 0 Å². The van der Waals surface area contributed by atoms with Gasteiger partial charge in [-0.3, -0.25) is 4.98 Å². The summed E-state index contributed by atoms with van der Waals surface area (Å²) in [5.74, 6) is -0.931. The molecule has 104 valence electrons. The summed E-state index contributed by atoms with van der Waals surface area (Å²) < 4.78 is 0. The third-order valence-corrected chi connectivity index (χ3v) is 4.39. The van der Waals surface area contributed by atoms with Crippen molar-refractivity contribution in [3.63, 3.8) is 0 Å². The minimum Gasteiger partial charge on any atom is -0.478 e. The zero-order valence-electron chi connectivity index (χ0n) is 10.8. The third kappa shape index (κ3) is 2.86. The van der Waals surface area contributed by atoms with Crippen LogP contribution in [0.4, 0.5) is 0 Å². The monoisotopic (exact) mass is 315 g/mol. The molecule has 0 spiro atoms. The summed E-state index contributed by atoms with van der Waals surface area (Å²) in [5.41, 5.74) is 1.08. The summed E-state index contributed by atoms with van der Waals surface area (Å²) >= 11 is 7.39. The van der Waals surface area contributed by atoms with E-state index >= 15 is 0 Å². The van der Waals surface area contributed by atoms with E-state index in [9.17, 15) is 9.90 Å². The van der Waals surface area contributed by atoms with Gasteiger partial charge < -0.3 is 5.11 Å². The van der Waals surface area contributed by atoms with Gasteiger partial charge in [-0.05, 0) is 30.3 Å². The Morgan fingerprint density at radius 1 is 1.10 bits per heavy atom. The summed E-state index contributed by atoms with van der Waals surface area (Å²) in [5, 5.41) is 10.8. The summed E-state index contributed by atoms with van der Waals surface area (Å²) in [6.07, 6.45) is 1.70. The molecular weight excluding hydrogens is 306 g/mol. The molecule has 0 radical (unpaired) electrons. The predicted octanol–water partition coefficient (Wildman–Crippen LogP) is 4.74. The van der Waals surface area contributed by atoms with Crippen LogP contribution in [0.3, 0.4) is 0 Å². The van der Waals surface area contributed by atoms with Crippen LogP contribution in [0.25, 0.3) is 10.9 Å². The number of aromatic carboxylic acids is 1. The van der Waals surface area contributed by atoms with Gasteiger partial charge >= 0.3 is 5.97 Å². The predicted molar refractivity (Wildman–Crippen MR) is 84.3 cm³/mol. The second-order valence-electron chi connectivity index (χ2n) is 4.37. The molecule has 0 aliphatic heterocycles. The van der Waals surface area contributed by atoms with Crippen molar-refractivity contribution in [3.05, 3.63) is 65.3 Å². The van der Waals surface area contributed by atoms with Gasteiger partial charge in [0.2, 0.25) is 0 Å². The number of fused-ring (bicyclic) bond motifs is 1. The van der Waals surface area contributed by atoms with E-state index in [0.717, 1.165) is 15.8 Å². The fourth-order valence-electron chi connectivity index (χ4n) is 2.03. The lowest BCUT2D eigenvalue weighted by Gasteiger charge is -2.08. The van der Waals surface area contributed by atoms with Crippen LogP contribution in [0, 0.1) is 0 Å². The number of pyridine rings is 1. The number of rotatable bonds is 3. The minimum atomic E-state index is -0.931. The maximum Gasteiger partial charge on any atom is 0.336 e. The highest BCUT2D eigenvalue weighted by Gasteiger charge is 2.12. The van der Waals surface area contributed by atoms with Crippen molar-refractivity contribution >= 4 is 40.2 Å². The summed E-state index contributed by atoms with van der Waals surface area (Å²) in [4.78, 5) is 17.2. The van der Waals surface area contributed by atoms with Crippen LogP contribution in [0.15, 0.2) is 64.5 Å². The molecule has 0 amide bonds. The van der Waals surface area contributed by atoms with E-state index in [4.69, 9.17) is 11.6 Å². The molecule has 0 atom stereocenters. The zero-order chi connectivity index (χ0) is 14.8. The standard InChI is InChI=1S/C16H10ClNO2S/c17-10-5-6-11-13(9-10)18-8-7-15(11)21-14-4-2-1-3-12(14)16(19)20/h1-9H,(H,19,20). The SMILES string of the molecule is O=C(O)c1ccccc1Sc1ccnc2cc(Cl)ccc12. The molecule has 5 heteroatoms. The molecule has 1 aromatic heterocycles. The molecule has 3 nitrogen and oxygen atoms in total. The number of halogens is 1. The highest BCUT2D eigenvalue weighted by molar-refractivity contribution is 7.99. The molecule has 0 unspecified atom stereocenters. The van der Waals surface area contributed by atoms with Gasteiger partial charge in [-0.1, -0.05) is 41.6 Å². The van der Waals surface area contributed by atoms with Gasteiger partial charge in [-0.15, -0.1) is 0 Å². The molecule has 0 fully saturated rings. The fourth-order valence-corrected chi connectivity index (χ4v) is 3.26. The van der Waals surface area contributed by atoms with E-state index in [1.165, 1.54) is 11.8 Å². The van der Waals surface area contributed by atoms with Gasteiger partial charge in [0.25, 0.3) is 0 Å². The molecule has 0 aliphatic rings. The first-order valence-corrected chi connectivity index (χ1v) is 7.39. The van der Waals surface area contributed by atoms with Gasteiger partial charge in [-0.2, -0.15) is 0 Å². The second-order valence-corrected chi connectivity index (χ2v) is 5.89. The maximum atomic E-state index is 11.3. The van der Waals surface area contributed by atoms with E-state index in [-0.39, 0.29) is 0 Å². The number of carboxylic acids is 1. The lowest BCUT2D eigenvalue weighted by Crippen LogP contribution is -1.98. The van der Waals surface area contributed by atoms with Gasteiger partial charge in [-0.25, -0.2) is 4.79 Å². The Hall–Kier alpha value is -2.04. The second kappa shape index (κ2) is 5.76. The minimum absolute atomic E-state index is 0.293. The van der Waals surface area contributed by atoms with Gasteiger partial charge in [0.1, 0.15) is 0 Å². The first-order valence-electron chi connectivity index (χ1n) is 6.19. The number of carboxylic acid groups (broad SMARTS) is 1. The molecule has 2 aromatic carbocycles. The quantitative estimate of drug-likeness (QED) is 0.758. The summed E-state index contributed by atoms with van der Waals surface area (Å²) in [7, 11) is 0. The Balaban J connectivity index is 2.09. The third-order valence-electron chi connectivity index (χ3n) is 3.00. The van der Waals surface area contributed by atoms with Crippen LogP contribution < -0.4 is 0 Å². The first-order chi connectivity index (χ1) is 10.1. The van der Waals surface area contributed by atoms with Crippen molar-refractivity contribution in [2.75, 3.05) is 0 Å². The number of benzene rings is 2. The molecule has 3 aromatic rings. The van der Waals surface area contributed by atoms with E-state index in [1.54, 1.807) is 36.5 Å². The van der Waals surface area contributed by atoms with Crippen molar-refractivity contribution < 1.29 is 9.90 Å². The Bertz CT molecular complexity index is 835. The van der Waals surface area contributed by atoms with E-state index in [1.807, 2.05) is 18.2 Å². The Kier molecular flexibility index (Phi) is 3.82. The van der Waals surface area contributed by atoms with Crippen LogP contribution >= 0.6 is 23.4 Å². The first kappa shape index (κ1) is 13.9. The van der Waals surface area contributed by atoms with Crippen LogP contribution in [0.5, 0.6) is 0 Å². The number of hydrogen-bond donors (Lipinski definition) is 1. The summed E-state index contributed by atoms with van der Waals surface area (Å²) in [6, 6.07) is 14.3. The van der Waals surface area contributed by atoms with E-state index < -0.39 is 5.97 Å². The Labute approximate surface area is 130 Å². The summed E-state index contributed by atoms with van der Waals surface area (Å²) in [6.45, 7) is 0. The molecular formula is C16H10ClNO2S. The molecule has 0 saturated carbocycles. The molecule has 21 heavy (non-hydrogen) atoms. The maximum absolute atomic E-state index is 11.3. The highest BCUT2D eigenvalue weighted by Crippen LogP contribution is 2.35. The largest absolute Gasteiger partial charge is 0.478 e. The normalized spacial score (nSPS) is 10.7. The van der Waals surface area contributed by atoms with Crippen LogP contribution in [-0.4, -0.2) is 16.1 Å². The van der Waals surface area contributed by atoms with E-state index in [2.05, 4.69) is 4.98 Å². The molecule has 1 heterocycles. The van der Waals surface area contributed by atoms with Gasteiger partial charge in [0.05, 0.1) is 11.1 Å². The number of nitrogens with zero attached hydrogens (tertiary/aromatic N) is 1. The fraction of sp³-hybridized carbons (Fsp3) is 0. The van der Waals surface area contributed by atoms with E-state index in [0.29, 0.717) is 15.5 Å². The molecule has 0 aliphatic carbocycles. The Morgan fingerprint density at radius 3 is 2.71 bits per heavy atom. The topological polar surface area (TPSA) is 50.2 Å². The number of hydrogen-bond acceptors (Lipinski definition) is 3. The van der Waals surface area contributed by atoms with Crippen molar-refractivity contribution in [3.8, 4) is 0 Å². The highest BCUT2D eigenvalue weighted by atomic mass is 35.5. The molecule has 0 bridgehead atoms. The lowest BCUT2D eigenvalue weighted by molar-refractivity contribution is 0.0693. The molecule has 3 rings (SSSR count). The lowest BCUT2D eigenvalue weighted by atomic mass is 10.2. The van der Waals surface area contributed by atoms with Gasteiger partial charge in [0.15, 0.2) is 0 Å². The van der Waals surface area contributed by atoms with Crippen LogP contribution in [0.1, 0.15) is 10.4 Å². The number of aromatic nitrogens is 1. The Morgan fingerprint density at radius 2 is 1.90 bits per heavy atom. The average Bonchev–Trinajstić information content (AvgIpc) is 2.47. The van der Waals surface area contributed by atoms with Gasteiger partial charge in [0, 0.05) is 26.4 Å². The van der Waals surface area contributed by atoms with Crippen LogP contribution in [0.2, 0.25) is 5.02 Å². The molecule has 1 N–H and O–H groups in total. The van der Waals surface area contributed by atoms with Crippen molar-refractivity contribution in [2.24, 2.45) is 0 Å². The van der Waals surface area contributed by atoms with Crippen molar-refractivity contribution in [1.29, 1.82) is 0 Å². The molecule has 0 saturated heterocycles. The smallest absolute Gasteiger partial charge is 0.336 e. The zero-order valence-corrected chi connectivity index (χ0v) is 12.4. The van der Waals surface area contributed by atoms with Crippen molar-refractivity contribution in [2.45, 2.75) is 9.79 Å². The van der Waals surface area contributed by atoms with Crippen molar-refractivity contribution in [1.82, 2.24) is 4.98 Å². The average molecular weight is 316 g/mol. The number of carbonyl (C=O) groups is 1.